The van der Waals surface area contributed by atoms with Gasteiger partial charge in [-0.2, -0.15) is 5.10 Å². The molecule has 4 aromatic rings. The molecule has 182 valence electrons. The summed E-state index contributed by atoms with van der Waals surface area (Å²) < 4.78 is 7.33. The predicted octanol–water partition coefficient (Wildman–Crippen LogP) is 2.74. The van der Waals surface area contributed by atoms with Gasteiger partial charge in [0.1, 0.15) is 17.0 Å². The monoisotopic (exact) mass is 493 g/mol. The van der Waals surface area contributed by atoms with Crippen LogP contribution in [-0.4, -0.2) is 76.0 Å². The molecule has 11 heteroatoms. The van der Waals surface area contributed by atoms with E-state index in [0.717, 1.165) is 39.1 Å². The number of rotatable bonds is 6. The largest absolute Gasteiger partial charge is 0.493 e. The molecule has 1 N–H and O–H groups in total. The van der Waals surface area contributed by atoms with Crippen molar-refractivity contribution in [1.82, 2.24) is 29.4 Å². The van der Waals surface area contributed by atoms with Gasteiger partial charge in [-0.3, -0.25) is 9.59 Å². The lowest BCUT2D eigenvalue weighted by molar-refractivity contribution is -0.140. The third kappa shape index (κ3) is 4.27. The Morgan fingerprint density at radius 2 is 2.11 bits per heavy atom. The Kier molecular flexibility index (Phi) is 6.01. The van der Waals surface area contributed by atoms with Gasteiger partial charge in [-0.25, -0.2) is 14.5 Å². The number of carbonyl (C=O) groups excluding carboxylic acids is 2. The lowest BCUT2D eigenvalue weighted by Gasteiger charge is -2.27. The number of hydrogen-bond acceptors (Lipinski definition) is 8. The summed E-state index contributed by atoms with van der Waals surface area (Å²) in [5.41, 5.74) is 2.91. The first-order valence-corrected chi connectivity index (χ1v) is 12.2. The first-order valence-electron chi connectivity index (χ1n) is 11.3. The van der Waals surface area contributed by atoms with E-state index in [1.54, 1.807) is 56.6 Å². The second-order valence-electron chi connectivity index (χ2n) is 8.91. The van der Waals surface area contributed by atoms with E-state index in [9.17, 15) is 9.59 Å². The van der Waals surface area contributed by atoms with Crippen LogP contribution in [0.4, 0.5) is 11.5 Å². The number of carbonyl (C=O) groups is 2. The van der Waals surface area contributed by atoms with Crippen LogP contribution in [0.1, 0.15) is 16.9 Å². The molecule has 1 aliphatic carbocycles. The second kappa shape index (κ2) is 9.14. The molecule has 0 spiro atoms. The summed E-state index contributed by atoms with van der Waals surface area (Å²) in [5, 5.41) is 8.70. The van der Waals surface area contributed by atoms with Gasteiger partial charge in [-0.1, -0.05) is 0 Å². The fraction of sp³-hybridized carbons (Fsp3) is 0.375. The molecule has 2 amide bonds. The van der Waals surface area contributed by atoms with Gasteiger partial charge in [0.25, 0.3) is 0 Å². The average molecular weight is 494 g/mol. The molecule has 10 nitrogen and oxygen atoms in total. The Morgan fingerprint density at radius 1 is 1.29 bits per heavy atom. The summed E-state index contributed by atoms with van der Waals surface area (Å²) >= 11 is 1.61. The van der Waals surface area contributed by atoms with Crippen molar-refractivity contribution >= 4 is 50.4 Å². The van der Waals surface area contributed by atoms with Gasteiger partial charge in [0, 0.05) is 38.1 Å². The lowest BCUT2D eigenvalue weighted by atomic mass is 9.87. The van der Waals surface area contributed by atoms with Gasteiger partial charge in [-0.15, -0.1) is 11.3 Å². The fourth-order valence-corrected chi connectivity index (χ4v) is 5.75. The number of ether oxygens (including phenoxy) is 1. The predicted molar refractivity (Wildman–Crippen MR) is 134 cm³/mol. The summed E-state index contributed by atoms with van der Waals surface area (Å²) in [6.45, 7) is 0.0878. The maximum Gasteiger partial charge on any atom is 0.241 e. The minimum Gasteiger partial charge on any atom is -0.493 e. The smallest absolute Gasteiger partial charge is 0.241 e. The summed E-state index contributed by atoms with van der Waals surface area (Å²) in [4.78, 5) is 39.2. The Hall–Kier alpha value is -3.73. The van der Waals surface area contributed by atoms with Crippen LogP contribution < -0.4 is 10.1 Å². The molecule has 0 bridgehead atoms. The molecule has 0 saturated heterocycles. The molecule has 1 unspecified atom stereocenters. The quantitative estimate of drug-likeness (QED) is 0.440. The van der Waals surface area contributed by atoms with Crippen LogP contribution in [-0.2, 0) is 22.4 Å². The van der Waals surface area contributed by atoms with Crippen molar-refractivity contribution in [3.63, 3.8) is 0 Å². The SMILES string of the molecule is COc1cn2nccc2cc1Nc1ncnc2sc3c(c12)CCC(C(=O)N(C)CC(=O)N(C)C)C3. The number of amides is 2. The van der Waals surface area contributed by atoms with Crippen LogP contribution in [0, 0.1) is 5.92 Å². The zero-order valence-electron chi connectivity index (χ0n) is 20.1. The first kappa shape index (κ1) is 23.0. The molecule has 0 aliphatic heterocycles. The highest BCUT2D eigenvalue weighted by Crippen LogP contribution is 2.41. The van der Waals surface area contributed by atoms with E-state index >= 15 is 0 Å². The molecule has 0 fully saturated rings. The van der Waals surface area contributed by atoms with Crippen LogP contribution >= 0.6 is 11.3 Å². The average Bonchev–Trinajstić information content (AvgIpc) is 3.46. The number of thiophene rings is 1. The summed E-state index contributed by atoms with van der Waals surface area (Å²) in [5.74, 6) is 1.14. The van der Waals surface area contributed by atoms with Crippen molar-refractivity contribution in [1.29, 1.82) is 0 Å². The topological polar surface area (TPSA) is 105 Å². The molecule has 0 radical (unpaired) electrons. The number of hydrogen-bond donors (Lipinski definition) is 1. The number of methoxy groups -OCH3 is 1. The van der Waals surface area contributed by atoms with Crippen LogP contribution in [0.2, 0.25) is 0 Å². The molecule has 1 aliphatic rings. The van der Waals surface area contributed by atoms with Crippen molar-refractivity contribution in [3.8, 4) is 5.75 Å². The number of aromatic nitrogens is 4. The van der Waals surface area contributed by atoms with Crippen LogP contribution in [0.3, 0.4) is 0 Å². The van der Waals surface area contributed by atoms with E-state index in [-0.39, 0.29) is 24.3 Å². The minimum absolute atomic E-state index is 0.00610. The van der Waals surface area contributed by atoms with Crippen molar-refractivity contribution in [2.24, 2.45) is 5.92 Å². The fourth-order valence-electron chi connectivity index (χ4n) is 4.48. The van der Waals surface area contributed by atoms with Gasteiger partial charge >= 0.3 is 0 Å². The van der Waals surface area contributed by atoms with E-state index < -0.39 is 0 Å². The normalized spacial score (nSPS) is 15.1. The molecule has 5 rings (SSSR count). The minimum atomic E-state index is -0.149. The summed E-state index contributed by atoms with van der Waals surface area (Å²) in [6.07, 6.45) is 7.23. The summed E-state index contributed by atoms with van der Waals surface area (Å²) in [7, 11) is 6.71. The van der Waals surface area contributed by atoms with Crippen molar-refractivity contribution in [3.05, 3.63) is 41.3 Å². The number of likely N-dealkylation sites (N-methyl/N-ethyl adjacent to an activating group) is 2. The lowest BCUT2D eigenvalue weighted by Crippen LogP contribution is -2.41. The third-order valence-electron chi connectivity index (χ3n) is 6.41. The molecule has 4 heterocycles. The zero-order chi connectivity index (χ0) is 24.7. The maximum atomic E-state index is 13.0. The molecule has 0 saturated carbocycles. The molecule has 1 atom stereocenters. The van der Waals surface area contributed by atoms with Gasteiger partial charge in [0.15, 0.2) is 5.75 Å². The van der Waals surface area contributed by atoms with E-state index in [1.807, 2.05) is 18.3 Å². The van der Waals surface area contributed by atoms with Gasteiger partial charge in [-0.05, 0) is 37.0 Å². The highest BCUT2D eigenvalue weighted by molar-refractivity contribution is 7.19. The number of aryl methyl sites for hydroxylation is 1. The molecule has 4 aromatic heterocycles. The molecule has 0 aromatic carbocycles. The van der Waals surface area contributed by atoms with Crippen LogP contribution in [0.5, 0.6) is 5.75 Å². The maximum absolute atomic E-state index is 13.0. The number of fused-ring (bicyclic) bond motifs is 4. The highest BCUT2D eigenvalue weighted by Gasteiger charge is 2.31. The van der Waals surface area contributed by atoms with E-state index in [2.05, 4.69) is 20.4 Å². The van der Waals surface area contributed by atoms with Crippen LogP contribution in [0.25, 0.3) is 15.7 Å². The molecular weight excluding hydrogens is 466 g/mol. The third-order valence-corrected chi connectivity index (χ3v) is 7.58. The van der Waals surface area contributed by atoms with Crippen molar-refractivity contribution < 1.29 is 14.3 Å². The molecular formula is C24H27N7O3S. The summed E-state index contributed by atoms with van der Waals surface area (Å²) in [6, 6.07) is 3.89. The van der Waals surface area contributed by atoms with Gasteiger partial charge in [0.05, 0.1) is 36.4 Å². The second-order valence-corrected chi connectivity index (χ2v) is 9.99. The Labute approximate surface area is 206 Å². The number of nitrogens with one attached hydrogen (secondary N) is 1. The van der Waals surface area contributed by atoms with E-state index in [0.29, 0.717) is 18.0 Å². The molecule has 35 heavy (non-hydrogen) atoms. The van der Waals surface area contributed by atoms with Gasteiger partial charge in [0.2, 0.25) is 11.8 Å². The van der Waals surface area contributed by atoms with Gasteiger partial charge < -0.3 is 19.9 Å². The van der Waals surface area contributed by atoms with E-state index in [1.165, 1.54) is 15.4 Å². The number of nitrogens with zero attached hydrogens (tertiary/aromatic N) is 6. The number of anilines is 2. The zero-order valence-corrected chi connectivity index (χ0v) is 20.9. The Morgan fingerprint density at radius 3 is 2.89 bits per heavy atom. The standard InChI is InChI=1S/C24H27N7O3S/c1-29(2)20(32)12-30(3)24(33)14-5-6-16-19(9-14)35-23-21(16)22(25-13-26-23)28-17-10-15-7-8-27-31(15)11-18(17)34-4/h7-8,10-11,13-14H,5-6,9,12H2,1-4H3,(H,25,26,28). The Balaban J connectivity index is 1.42. The first-order chi connectivity index (χ1) is 16.9. The highest BCUT2D eigenvalue weighted by atomic mass is 32.1. The van der Waals surface area contributed by atoms with E-state index in [4.69, 9.17) is 4.74 Å². The Bertz CT molecular complexity index is 1430. The van der Waals surface area contributed by atoms with Crippen molar-refractivity contribution in [2.75, 3.05) is 40.1 Å². The van der Waals surface area contributed by atoms with Crippen molar-refractivity contribution in [2.45, 2.75) is 19.3 Å². The van der Waals surface area contributed by atoms with Crippen LogP contribution in [0.15, 0.2) is 30.9 Å². The number of pyridine rings is 1.